The van der Waals surface area contributed by atoms with Crippen molar-refractivity contribution in [3.05, 3.63) is 47.9 Å². The molecular weight excluding hydrogens is 219 g/mol. The first kappa shape index (κ1) is 11.2. The molecule has 84 valence electrons. The lowest BCUT2D eigenvalue weighted by Gasteiger charge is -2.04. The van der Waals surface area contributed by atoms with Gasteiger partial charge in [0.15, 0.2) is 0 Å². The Labute approximate surface area is 97.7 Å². The summed E-state index contributed by atoms with van der Waals surface area (Å²) in [6.07, 6.45) is 3.16. The van der Waals surface area contributed by atoms with Crippen LogP contribution in [-0.4, -0.2) is 11.1 Å². The highest BCUT2D eigenvalue weighted by molar-refractivity contribution is 5.73. The molecule has 0 saturated heterocycles. The van der Waals surface area contributed by atoms with Crippen LogP contribution in [0.15, 0.2) is 41.5 Å². The van der Waals surface area contributed by atoms with Crippen LogP contribution in [0, 0.1) is 12.7 Å². The summed E-state index contributed by atoms with van der Waals surface area (Å²) in [5.41, 5.74) is 2.58. The Balaban J connectivity index is 2.58. The first-order valence-corrected chi connectivity index (χ1v) is 5.01. The van der Waals surface area contributed by atoms with Crippen molar-refractivity contribution in [3.8, 4) is 11.3 Å². The minimum Gasteiger partial charge on any atom is -0.254 e. The van der Waals surface area contributed by atoms with Gasteiger partial charge in [-0.3, -0.25) is 4.98 Å². The lowest BCUT2D eigenvalue weighted by Crippen LogP contribution is -1.86. The predicted molar refractivity (Wildman–Crippen MR) is 62.1 cm³/mol. The van der Waals surface area contributed by atoms with Gasteiger partial charge in [-0.1, -0.05) is 0 Å². The molecule has 0 radical (unpaired) electrons. The number of nitrogens with zero attached hydrogens (tertiary/aromatic N) is 2. The van der Waals surface area contributed by atoms with Crippen LogP contribution in [0.1, 0.15) is 5.56 Å². The van der Waals surface area contributed by atoms with Gasteiger partial charge in [0, 0.05) is 11.8 Å². The van der Waals surface area contributed by atoms with E-state index in [1.54, 1.807) is 24.4 Å². The van der Waals surface area contributed by atoms with Crippen LogP contribution in [-0.2, 0) is 4.79 Å². The SMILES string of the molecule is Cc1cnc(-c2ccc(F)cc2)c(N=C=O)c1. The Hall–Kier alpha value is -2.32. The molecule has 0 aliphatic rings. The molecule has 3 nitrogen and oxygen atoms in total. The predicted octanol–water partition coefficient (Wildman–Crippen LogP) is 3.16. The van der Waals surface area contributed by atoms with Crippen molar-refractivity contribution in [2.75, 3.05) is 0 Å². The van der Waals surface area contributed by atoms with Crippen molar-refractivity contribution in [1.29, 1.82) is 0 Å². The van der Waals surface area contributed by atoms with E-state index in [1.165, 1.54) is 18.2 Å². The summed E-state index contributed by atoms with van der Waals surface area (Å²) in [5.74, 6) is -0.318. The molecule has 2 rings (SSSR count). The van der Waals surface area contributed by atoms with E-state index in [-0.39, 0.29) is 5.82 Å². The van der Waals surface area contributed by atoms with E-state index in [9.17, 15) is 9.18 Å². The average Bonchev–Trinajstić information content (AvgIpc) is 2.31. The number of aromatic nitrogens is 1. The van der Waals surface area contributed by atoms with Crippen molar-refractivity contribution in [3.63, 3.8) is 0 Å². The molecule has 0 unspecified atom stereocenters. The molecular formula is C13H9FN2O. The third-order valence-corrected chi connectivity index (χ3v) is 2.29. The van der Waals surface area contributed by atoms with Gasteiger partial charge in [0.2, 0.25) is 6.08 Å². The number of hydrogen-bond acceptors (Lipinski definition) is 3. The fourth-order valence-electron chi connectivity index (χ4n) is 1.52. The second-order valence-corrected chi connectivity index (χ2v) is 3.59. The summed E-state index contributed by atoms with van der Waals surface area (Å²) in [6.45, 7) is 1.85. The maximum absolute atomic E-state index is 12.8. The van der Waals surface area contributed by atoms with Gasteiger partial charge in [0.25, 0.3) is 0 Å². The highest BCUT2D eigenvalue weighted by atomic mass is 19.1. The number of hydrogen-bond donors (Lipinski definition) is 0. The molecule has 0 atom stereocenters. The Morgan fingerprint density at radius 2 is 2.00 bits per heavy atom. The number of isocyanates is 1. The van der Waals surface area contributed by atoms with Crippen LogP contribution in [0.5, 0.6) is 0 Å². The lowest BCUT2D eigenvalue weighted by molar-refractivity contribution is 0.565. The Morgan fingerprint density at radius 1 is 1.29 bits per heavy atom. The van der Waals surface area contributed by atoms with Gasteiger partial charge < -0.3 is 0 Å². The maximum Gasteiger partial charge on any atom is 0.240 e. The Kier molecular flexibility index (Phi) is 3.08. The van der Waals surface area contributed by atoms with Gasteiger partial charge >= 0.3 is 0 Å². The molecule has 0 aliphatic heterocycles. The zero-order valence-corrected chi connectivity index (χ0v) is 9.14. The number of rotatable bonds is 2. The van der Waals surface area contributed by atoms with Crippen LogP contribution in [0.2, 0.25) is 0 Å². The van der Waals surface area contributed by atoms with Crippen molar-refractivity contribution in [1.82, 2.24) is 4.98 Å². The molecule has 0 saturated carbocycles. The van der Waals surface area contributed by atoms with E-state index in [0.717, 1.165) is 5.56 Å². The molecule has 0 bridgehead atoms. The highest BCUT2D eigenvalue weighted by Crippen LogP contribution is 2.28. The summed E-state index contributed by atoms with van der Waals surface area (Å²) in [6, 6.07) is 7.60. The second-order valence-electron chi connectivity index (χ2n) is 3.59. The maximum atomic E-state index is 12.8. The van der Waals surface area contributed by atoms with Crippen LogP contribution in [0.4, 0.5) is 10.1 Å². The average molecular weight is 228 g/mol. The third-order valence-electron chi connectivity index (χ3n) is 2.29. The zero-order chi connectivity index (χ0) is 12.3. The van der Waals surface area contributed by atoms with Gasteiger partial charge in [0.1, 0.15) is 11.5 Å². The third kappa shape index (κ3) is 2.44. The molecule has 1 aromatic carbocycles. The first-order valence-electron chi connectivity index (χ1n) is 5.01. The van der Waals surface area contributed by atoms with Crippen LogP contribution in [0.3, 0.4) is 0 Å². The minimum absolute atomic E-state index is 0.318. The van der Waals surface area contributed by atoms with Gasteiger partial charge in [-0.25, -0.2) is 9.18 Å². The van der Waals surface area contributed by atoms with Gasteiger partial charge in [-0.05, 0) is 42.8 Å². The van der Waals surface area contributed by atoms with E-state index >= 15 is 0 Å². The molecule has 4 heteroatoms. The minimum atomic E-state index is -0.318. The topological polar surface area (TPSA) is 42.3 Å². The summed E-state index contributed by atoms with van der Waals surface area (Å²) in [7, 11) is 0. The summed E-state index contributed by atoms with van der Waals surface area (Å²) >= 11 is 0. The number of aliphatic imine (C=N–C) groups is 1. The van der Waals surface area contributed by atoms with Crippen molar-refractivity contribution < 1.29 is 9.18 Å². The van der Waals surface area contributed by atoms with Crippen LogP contribution < -0.4 is 0 Å². The van der Waals surface area contributed by atoms with Crippen LogP contribution in [0.25, 0.3) is 11.3 Å². The number of pyridine rings is 1. The number of benzene rings is 1. The fourth-order valence-corrected chi connectivity index (χ4v) is 1.52. The molecule has 1 heterocycles. The quantitative estimate of drug-likeness (QED) is 0.585. The lowest BCUT2D eigenvalue weighted by atomic mass is 10.1. The summed E-state index contributed by atoms with van der Waals surface area (Å²) in [5, 5.41) is 0. The molecule has 0 N–H and O–H groups in total. The molecule has 0 aliphatic carbocycles. The number of halogens is 1. The first-order chi connectivity index (χ1) is 8.20. The van der Waals surface area contributed by atoms with Crippen molar-refractivity contribution >= 4 is 11.8 Å². The second kappa shape index (κ2) is 4.68. The van der Waals surface area contributed by atoms with Gasteiger partial charge in [-0.15, -0.1) is 0 Å². The largest absolute Gasteiger partial charge is 0.254 e. The molecule has 0 amide bonds. The van der Waals surface area contributed by atoms with E-state index in [2.05, 4.69) is 9.98 Å². The highest BCUT2D eigenvalue weighted by Gasteiger charge is 2.06. The zero-order valence-electron chi connectivity index (χ0n) is 9.14. The molecule has 2 aromatic rings. The van der Waals surface area contributed by atoms with Gasteiger partial charge in [0.05, 0.1) is 5.69 Å². The van der Waals surface area contributed by atoms with E-state index in [4.69, 9.17) is 0 Å². The molecule has 1 aromatic heterocycles. The standard InChI is InChI=1S/C13H9FN2O/c1-9-6-12(16-8-17)13(15-7-9)10-2-4-11(14)5-3-10/h2-7H,1H3. The molecule has 0 spiro atoms. The summed E-state index contributed by atoms with van der Waals surface area (Å²) in [4.78, 5) is 18.1. The monoisotopic (exact) mass is 228 g/mol. The summed E-state index contributed by atoms with van der Waals surface area (Å²) < 4.78 is 12.8. The smallest absolute Gasteiger partial charge is 0.240 e. The van der Waals surface area contributed by atoms with Gasteiger partial charge in [-0.2, -0.15) is 4.99 Å². The van der Waals surface area contributed by atoms with Crippen LogP contribution >= 0.6 is 0 Å². The molecule has 0 fully saturated rings. The van der Waals surface area contributed by atoms with E-state index in [0.29, 0.717) is 16.9 Å². The normalized spacial score (nSPS) is 9.76. The Bertz CT molecular complexity index is 587. The van der Waals surface area contributed by atoms with Crippen molar-refractivity contribution in [2.24, 2.45) is 4.99 Å². The van der Waals surface area contributed by atoms with E-state index in [1.807, 2.05) is 6.92 Å². The molecule has 17 heavy (non-hydrogen) atoms. The Morgan fingerprint density at radius 3 is 2.65 bits per heavy atom. The van der Waals surface area contributed by atoms with E-state index < -0.39 is 0 Å². The number of carbonyl (C=O) groups excluding carboxylic acids is 1. The fraction of sp³-hybridized carbons (Fsp3) is 0.0769. The number of aryl methyl sites for hydroxylation is 1. The van der Waals surface area contributed by atoms with Crippen molar-refractivity contribution in [2.45, 2.75) is 6.92 Å².